The number of rotatable bonds is 4. The molecule has 4 aromatic heterocycles. The lowest BCUT2D eigenvalue weighted by Crippen LogP contribution is -2.29. The predicted molar refractivity (Wildman–Crippen MR) is 177 cm³/mol. The van der Waals surface area contributed by atoms with E-state index in [1.807, 2.05) is 12.4 Å². The van der Waals surface area contributed by atoms with Crippen LogP contribution in [0.3, 0.4) is 0 Å². The molecule has 0 saturated carbocycles. The van der Waals surface area contributed by atoms with E-state index in [4.69, 9.17) is 9.97 Å². The van der Waals surface area contributed by atoms with E-state index in [2.05, 4.69) is 132 Å². The quantitative estimate of drug-likeness (QED) is 0.217. The third kappa shape index (κ3) is 2.95. The zero-order valence-electron chi connectivity index (χ0n) is 24.3. The molecular weight excluding hydrogens is 524 g/mol. The SMILES string of the molecule is CCn1c2ccccc2c2c(C3(c4cccc5c4c4ccccc4n5CC)c4cccnc4-c4ncccc43)cccc21. The minimum atomic E-state index is -0.627. The second-order valence-electron chi connectivity index (χ2n) is 11.5. The highest BCUT2D eigenvalue weighted by Gasteiger charge is 2.49. The van der Waals surface area contributed by atoms with E-state index in [0.29, 0.717) is 0 Å². The molecule has 0 amide bonds. The molecule has 0 bridgehead atoms. The van der Waals surface area contributed by atoms with Crippen LogP contribution >= 0.6 is 0 Å². The molecule has 0 radical (unpaired) electrons. The topological polar surface area (TPSA) is 35.6 Å². The summed E-state index contributed by atoms with van der Waals surface area (Å²) in [6.07, 6.45) is 3.81. The van der Waals surface area contributed by atoms with Gasteiger partial charge in [-0.3, -0.25) is 9.97 Å². The number of nitrogens with zero attached hydrogens (tertiary/aromatic N) is 4. The molecule has 4 nitrogen and oxygen atoms in total. The third-order valence-corrected chi connectivity index (χ3v) is 9.68. The zero-order chi connectivity index (χ0) is 28.7. The lowest BCUT2D eigenvalue weighted by Gasteiger charge is -2.34. The van der Waals surface area contributed by atoms with Crippen molar-refractivity contribution in [1.29, 1.82) is 0 Å². The summed E-state index contributed by atoms with van der Waals surface area (Å²) in [7, 11) is 0. The van der Waals surface area contributed by atoms with E-state index in [-0.39, 0.29) is 0 Å². The van der Waals surface area contributed by atoms with E-state index in [1.54, 1.807) is 0 Å². The molecule has 0 spiro atoms. The van der Waals surface area contributed by atoms with Crippen molar-refractivity contribution >= 4 is 43.6 Å². The fourth-order valence-corrected chi connectivity index (χ4v) is 8.17. The molecule has 43 heavy (non-hydrogen) atoms. The Labute approximate surface area is 249 Å². The lowest BCUT2D eigenvalue weighted by molar-refractivity contribution is 0.778. The molecule has 0 atom stereocenters. The Hall–Kier alpha value is -5.22. The molecule has 0 unspecified atom stereocenters. The summed E-state index contributed by atoms with van der Waals surface area (Å²) in [5, 5.41) is 5.14. The second kappa shape index (κ2) is 8.89. The minimum Gasteiger partial charge on any atom is -0.341 e. The van der Waals surface area contributed by atoms with E-state index in [9.17, 15) is 0 Å². The van der Waals surface area contributed by atoms with Gasteiger partial charge in [0.25, 0.3) is 0 Å². The first kappa shape index (κ1) is 24.4. The van der Waals surface area contributed by atoms with Crippen molar-refractivity contribution in [3.63, 3.8) is 0 Å². The fraction of sp³-hybridized carbons (Fsp3) is 0.128. The van der Waals surface area contributed by atoms with E-state index < -0.39 is 5.41 Å². The van der Waals surface area contributed by atoms with E-state index in [0.717, 1.165) is 24.5 Å². The molecule has 0 saturated heterocycles. The van der Waals surface area contributed by atoms with Gasteiger partial charge in [-0.1, -0.05) is 72.8 Å². The van der Waals surface area contributed by atoms with Crippen LogP contribution in [0.4, 0.5) is 0 Å². The number of para-hydroxylation sites is 2. The van der Waals surface area contributed by atoms with Crippen molar-refractivity contribution in [3.8, 4) is 11.4 Å². The maximum Gasteiger partial charge on any atom is 0.0937 e. The Morgan fingerprint density at radius 3 is 1.35 bits per heavy atom. The molecule has 4 aromatic carbocycles. The molecule has 0 aliphatic heterocycles. The van der Waals surface area contributed by atoms with Gasteiger partial charge < -0.3 is 9.13 Å². The van der Waals surface area contributed by atoms with Crippen LogP contribution in [0.5, 0.6) is 0 Å². The standard InChI is InChI=1S/C39H30N4/c1-3-42-31-19-7-5-13-25(31)35-27(15-9-21-33(35)42)39(29-17-11-23-40-37(29)38-30(39)18-12-24-41-38)28-16-10-22-34-36(28)26-14-6-8-20-32(26)43(34)4-2/h5-24H,3-4H2,1-2H3. The van der Waals surface area contributed by atoms with Gasteiger partial charge in [0.1, 0.15) is 0 Å². The van der Waals surface area contributed by atoms with Gasteiger partial charge in [-0.05, 0) is 72.5 Å². The maximum absolute atomic E-state index is 5.00. The maximum atomic E-state index is 5.00. The number of hydrogen-bond donors (Lipinski definition) is 0. The monoisotopic (exact) mass is 554 g/mol. The average molecular weight is 555 g/mol. The fourth-order valence-electron chi connectivity index (χ4n) is 8.17. The summed E-state index contributed by atoms with van der Waals surface area (Å²) in [5.41, 5.74) is 11.3. The van der Waals surface area contributed by atoms with Crippen LogP contribution in [0.15, 0.2) is 122 Å². The summed E-state index contributed by atoms with van der Waals surface area (Å²) in [6, 6.07) is 40.2. The highest BCUT2D eigenvalue weighted by molar-refractivity contribution is 6.14. The Kier molecular flexibility index (Phi) is 5.04. The molecule has 4 heteroatoms. The Morgan fingerprint density at radius 1 is 0.465 bits per heavy atom. The number of benzene rings is 4. The van der Waals surface area contributed by atoms with Crippen molar-refractivity contribution in [2.24, 2.45) is 0 Å². The van der Waals surface area contributed by atoms with Gasteiger partial charge in [-0.25, -0.2) is 0 Å². The molecule has 9 rings (SSSR count). The Balaban J connectivity index is 1.57. The molecule has 8 aromatic rings. The first-order chi connectivity index (χ1) is 21.3. The van der Waals surface area contributed by atoms with Crippen LogP contribution in [0.25, 0.3) is 55.0 Å². The van der Waals surface area contributed by atoms with Gasteiger partial charge in [0.2, 0.25) is 0 Å². The minimum absolute atomic E-state index is 0.627. The van der Waals surface area contributed by atoms with Crippen LogP contribution in [0, 0.1) is 0 Å². The number of fused-ring (bicyclic) bond motifs is 9. The normalized spacial score (nSPS) is 13.7. The Morgan fingerprint density at radius 2 is 0.884 bits per heavy atom. The summed E-state index contributed by atoms with van der Waals surface area (Å²) in [5.74, 6) is 0. The predicted octanol–water partition coefficient (Wildman–Crippen LogP) is 9.10. The lowest BCUT2D eigenvalue weighted by atomic mass is 9.66. The first-order valence-electron chi connectivity index (χ1n) is 15.2. The smallest absolute Gasteiger partial charge is 0.0937 e. The highest BCUT2D eigenvalue weighted by Crippen LogP contribution is 2.58. The van der Waals surface area contributed by atoms with Gasteiger partial charge in [0, 0.05) is 69.1 Å². The zero-order valence-corrected chi connectivity index (χ0v) is 24.3. The van der Waals surface area contributed by atoms with Crippen LogP contribution in [-0.4, -0.2) is 19.1 Å². The van der Waals surface area contributed by atoms with Crippen LogP contribution in [0.1, 0.15) is 36.1 Å². The van der Waals surface area contributed by atoms with Crippen LogP contribution in [0.2, 0.25) is 0 Å². The average Bonchev–Trinajstić information content (AvgIpc) is 3.69. The molecular formula is C39H30N4. The van der Waals surface area contributed by atoms with Gasteiger partial charge in [-0.15, -0.1) is 0 Å². The molecule has 206 valence electrons. The third-order valence-electron chi connectivity index (χ3n) is 9.68. The van der Waals surface area contributed by atoms with E-state index in [1.165, 1.54) is 65.9 Å². The second-order valence-corrected chi connectivity index (χ2v) is 11.5. The van der Waals surface area contributed by atoms with E-state index >= 15 is 0 Å². The summed E-state index contributed by atoms with van der Waals surface area (Å²) >= 11 is 0. The Bertz CT molecular complexity index is 2220. The number of aromatic nitrogens is 4. The van der Waals surface area contributed by atoms with Crippen LogP contribution < -0.4 is 0 Å². The molecule has 0 N–H and O–H groups in total. The summed E-state index contributed by atoms with van der Waals surface area (Å²) < 4.78 is 4.91. The van der Waals surface area contributed by atoms with Gasteiger partial charge >= 0.3 is 0 Å². The van der Waals surface area contributed by atoms with Crippen LogP contribution in [-0.2, 0) is 18.5 Å². The first-order valence-corrected chi connectivity index (χ1v) is 15.2. The van der Waals surface area contributed by atoms with Crippen molar-refractivity contribution in [2.45, 2.75) is 32.4 Å². The van der Waals surface area contributed by atoms with Gasteiger partial charge in [0.15, 0.2) is 0 Å². The summed E-state index contributed by atoms with van der Waals surface area (Å²) in [4.78, 5) is 10.0. The molecule has 0 fully saturated rings. The number of hydrogen-bond acceptors (Lipinski definition) is 2. The number of aryl methyl sites for hydroxylation is 2. The van der Waals surface area contributed by atoms with Crippen molar-refractivity contribution in [2.75, 3.05) is 0 Å². The summed E-state index contributed by atoms with van der Waals surface area (Å²) in [6.45, 7) is 6.28. The molecule has 4 heterocycles. The highest BCUT2D eigenvalue weighted by atomic mass is 15.0. The number of pyridine rings is 2. The molecule has 1 aliphatic carbocycles. The van der Waals surface area contributed by atoms with Gasteiger partial charge in [-0.2, -0.15) is 0 Å². The van der Waals surface area contributed by atoms with Crippen molar-refractivity contribution < 1.29 is 0 Å². The van der Waals surface area contributed by atoms with Gasteiger partial charge in [0.05, 0.1) is 16.8 Å². The van der Waals surface area contributed by atoms with Crippen molar-refractivity contribution in [3.05, 3.63) is 144 Å². The largest absolute Gasteiger partial charge is 0.341 e. The van der Waals surface area contributed by atoms with Crippen molar-refractivity contribution in [1.82, 2.24) is 19.1 Å². The molecule has 1 aliphatic rings.